The molecule has 1 aliphatic rings. The molecule has 0 saturated heterocycles. The number of halogens is 1. The van der Waals surface area contributed by atoms with Gasteiger partial charge in [0.05, 0.1) is 16.8 Å². The summed E-state index contributed by atoms with van der Waals surface area (Å²) in [7, 11) is 0. The first-order valence-corrected chi connectivity index (χ1v) is 7.14. The van der Waals surface area contributed by atoms with Crippen LogP contribution in [0.4, 0.5) is 5.69 Å². The van der Waals surface area contributed by atoms with Crippen LogP contribution in [0.2, 0.25) is 5.02 Å². The van der Waals surface area contributed by atoms with Crippen LogP contribution >= 0.6 is 11.6 Å². The van der Waals surface area contributed by atoms with Crippen molar-refractivity contribution in [2.75, 3.05) is 5.32 Å². The Hall–Kier alpha value is -1.26. The maximum absolute atomic E-state index is 6.15. The van der Waals surface area contributed by atoms with Crippen LogP contribution in [0.15, 0.2) is 23.2 Å². The Balaban J connectivity index is 2.09. The van der Waals surface area contributed by atoms with E-state index in [1.165, 1.54) is 19.3 Å². The maximum atomic E-state index is 6.15. The molecule has 2 rings (SSSR count). The second kappa shape index (κ2) is 6.78. The Bertz CT molecular complexity index is 453. The van der Waals surface area contributed by atoms with Gasteiger partial charge in [0.15, 0.2) is 0 Å². The van der Waals surface area contributed by atoms with E-state index in [-0.39, 0.29) is 0 Å². The number of nitrogens with one attached hydrogen (secondary N) is 2. The fourth-order valence-electron chi connectivity index (χ4n) is 2.36. The fourth-order valence-corrected chi connectivity index (χ4v) is 2.53. The highest BCUT2D eigenvalue weighted by Gasteiger charge is 2.13. The van der Waals surface area contributed by atoms with Crippen LogP contribution < -0.4 is 16.6 Å². The van der Waals surface area contributed by atoms with Crippen molar-refractivity contribution in [3.05, 3.63) is 28.8 Å². The first-order valence-electron chi connectivity index (χ1n) is 6.76. The molecule has 0 spiro atoms. The fraction of sp³-hybridized carbons (Fsp3) is 0.500. The number of hydrazine groups is 1. The van der Waals surface area contributed by atoms with Crippen LogP contribution in [0.3, 0.4) is 0 Å². The van der Waals surface area contributed by atoms with Crippen LogP contribution in [-0.4, -0.2) is 12.0 Å². The molecule has 1 fully saturated rings. The number of aryl methyl sites for hydroxylation is 1. The van der Waals surface area contributed by atoms with Crippen LogP contribution in [0.25, 0.3) is 0 Å². The predicted octanol–water partition coefficient (Wildman–Crippen LogP) is 3.21. The minimum absolute atomic E-state index is 0.357. The van der Waals surface area contributed by atoms with Crippen LogP contribution in [0.1, 0.15) is 37.7 Å². The summed E-state index contributed by atoms with van der Waals surface area (Å²) in [5, 5.41) is 3.83. The smallest absolute Gasteiger partial charge is 0.210 e. The molecular formula is C14H21ClN4. The number of rotatable bonds is 2. The van der Waals surface area contributed by atoms with Gasteiger partial charge in [-0.2, -0.15) is 0 Å². The molecule has 0 heterocycles. The molecule has 104 valence electrons. The lowest BCUT2D eigenvalue weighted by Gasteiger charge is -2.20. The van der Waals surface area contributed by atoms with Gasteiger partial charge in [0.25, 0.3) is 0 Å². The first-order chi connectivity index (χ1) is 9.19. The lowest BCUT2D eigenvalue weighted by Crippen LogP contribution is -2.37. The normalized spacial score (nSPS) is 17.3. The monoisotopic (exact) mass is 280 g/mol. The molecule has 0 unspecified atom stereocenters. The standard InChI is InChI=1S/C14H21ClN4/c1-10-7-8-12(15)13(9-10)18-14(19-16)17-11-5-3-2-4-6-11/h7-9,11H,2-6,16H2,1H3,(H2,17,18,19). The summed E-state index contributed by atoms with van der Waals surface area (Å²) < 4.78 is 0. The highest BCUT2D eigenvalue weighted by molar-refractivity contribution is 6.33. The molecule has 1 aromatic rings. The van der Waals surface area contributed by atoms with Gasteiger partial charge in [-0.1, -0.05) is 36.9 Å². The van der Waals surface area contributed by atoms with Gasteiger partial charge in [-0.05, 0) is 37.5 Å². The molecular weight excluding hydrogens is 260 g/mol. The van der Waals surface area contributed by atoms with E-state index in [1.54, 1.807) is 0 Å². The molecule has 4 nitrogen and oxygen atoms in total. The third-order valence-corrected chi connectivity index (χ3v) is 3.73. The van der Waals surface area contributed by atoms with Crippen molar-refractivity contribution in [3.63, 3.8) is 0 Å². The zero-order valence-electron chi connectivity index (χ0n) is 11.2. The van der Waals surface area contributed by atoms with Crippen molar-refractivity contribution >= 4 is 23.2 Å². The molecule has 0 atom stereocenters. The molecule has 0 radical (unpaired) electrons. The Morgan fingerprint density at radius 2 is 2.05 bits per heavy atom. The summed E-state index contributed by atoms with van der Waals surface area (Å²) in [6.45, 7) is 2.02. The third-order valence-electron chi connectivity index (χ3n) is 3.40. The van der Waals surface area contributed by atoms with E-state index >= 15 is 0 Å². The average molecular weight is 281 g/mol. The van der Waals surface area contributed by atoms with Gasteiger partial charge in [-0.25, -0.2) is 10.8 Å². The molecule has 0 aliphatic heterocycles. The lowest BCUT2D eigenvalue weighted by molar-refractivity contribution is 0.442. The van der Waals surface area contributed by atoms with Crippen molar-refractivity contribution in [1.82, 2.24) is 5.43 Å². The van der Waals surface area contributed by atoms with Crippen molar-refractivity contribution in [1.29, 1.82) is 0 Å². The van der Waals surface area contributed by atoms with E-state index in [2.05, 4.69) is 15.7 Å². The zero-order valence-corrected chi connectivity index (χ0v) is 12.0. The largest absolute Gasteiger partial charge is 0.324 e. The molecule has 1 saturated carbocycles. The molecule has 0 amide bonds. The number of nitrogens with two attached hydrogens (primary N) is 1. The molecule has 0 bridgehead atoms. The number of aliphatic imine (C=N–C) groups is 1. The van der Waals surface area contributed by atoms with Gasteiger partial charge in [0.2, 0.25) is 5.96 Å². The zero-order chi connectivity index (χ0) is 13.7. The van der Waals surface area contributed by atoms with Crippen molar-refractivity contribution < 1.29 is 0 Å². The van der Waals surface area contributed by atoms with Crippen molar-refractivity contribution in [3.8, 4) is 0 Å². The lowest BCUT2D eigenvalue weighted by atomic mass is 9.96. The SMILES string of the molecule is Cc1ccc(Cl)c(NC(=NC2CCCCC2)NN)c1. The molecule has 19 heavy (non-hydrogen) atoms. The van der Waals surface area contributed by atoms with Crippen molar-refractivity contribution in [2.45, 2.75) is 45.1 Å². The number of nitrogens with zero attached hydrogens (tertiary/aromatic N) is 1. The van der Waals surface area contributed by atoms with Crippen molar-refractivity contribution in [2.24, 2.45) is 10.8 Å². The van der Waals surface area contributed by atoms with E-state index < -0.39 is 0 Å². The second-order valence-corrected chi connectivity index (χ2v) is 5.43. The highest BCUT2D eigenvalue weighted by atomic mass is 35.5. The molecule has 1 aliphatic carbocycles. The van der Waals surface area contributed by atoms with E-state index in [1.807, 2.05) is 25.1 Å². The summed E-state index contributed by atoms with van der Waals surface area (Å²) in [6, 6.07) is 6.18. The average Bonchev–Trinajstić information content (AvgIpc) is 2.43. The summed E-state index contributed by atoms with van der Waals surface area (Å²) in [4.78, 5) is 4.63. The summed E-state index contributed by atoms with van der Waals surface area (Å²) in [6.07, 6.45) is 6.08. The van der Waals surface area contributed by atoms with Gasteiger partial charge >= 0.3 is 0 Å². The van der Waals surface area contributed by atoms with E-state index in [9.17, 15) is 0 Å². The molecule has 0 aromatic heterocycles. The summed E-state index contributed by atoms with van der Waals surface area (Å²) in [5.41, 5.74) is 4.59. The van der Waals surface area contributed by atoms with Gasteiger partial charge in [0, 0.05) is 0 Å². The second-order valence-electron chi connectivity index (χ2n) is 5.02. The van der Waals surface area contributed by atoms with Gasteiger partial charge in [0.1, 0.15) is 0 Å². The Morgan fingerprint density at radius 1 is 1.32 bits per heavy atom. The number of benzene rings is 1. The minimum Gasteiger partial charge on any atom is -0.324 e. The van der Waals surface area contributed by atoms with Gasteiger partial charge in [-0.15, -0.1) is 0 Å². The van der Waals surface area contributed by atoms with Gasteiger partial charge < -0.3 is 5.32 Å². The molecule has 1 aromatic carbocycles. The predicted molar refractivity (Wildman–Crippen MR) is 81.4 cm³/mol. The topological polar surface area (TPSA) is 62.4 Å². The van der Waals surface area contributed by atoms with Crippen LogP contribution in [-0.2, 0) is 0 Å². The third kappa shape index (κ3) is 4.11. The summed E-state index contributed by atoms with van der Waals surface area (Å²) >= 11 is 6.15. The number of hydrogen-bond acceptors (Lipinski definition) is 2. The Labute approximate surface area is 119 Å². The maximum Gasteiger partial charge on any atom is 0.210 e. The number of anilines is 1. The summed E-state index contributed by atoms with van der Waals surface area (Å²) in [5.74, 6) is 6.12. The Morgan fingerprint density at radius 3 is 2.74 bits per heavy atom. The first kappa shape index (κ1) is 14.2. The van der Waals surface area contributed by atoms with E-state index in [0.29, 0.717) is 17.0 Å². The van der Waals surface area contributed by atoms with E-state index in [4.69, 9.17) is 17.4 Å². The molecule has 4 N–H and O–H groups in total. The van der Waals surface area contributed by atoms with Crippen LogP contribution in [0.5, 0.6) is 0 Å². The highest BCUT2D eigenvalue weighted by Crippen LogP contribution is 2.23. The molecule has 5 heteroatoms. The Kier molecular flexibility index (Phi) is 5.05. The van der Waals surface area contributed by atoms with Gasteiger partial charge in [-0.3, -0.25) is 5.43 Å². The number of hydrogen-bond donors (Lipinski definition) is 3. The quantitative estimate of drug-likeness (QED) is 0.337. The minimum atomic E-state index is 0.357. The van der Waals surface area contributed by atoms with E-state index in [0.717, 1.165) is 24.1 Å². The number of guanidine groups is 1. The van der Waals surface area contributed by atoms with Crippen LogP contribution in [0, 0.1) is 6.92 Å².